The minimum atomic E-state index is -0.259. The second-order valence-electron chi connectivity index (χ2n) is 7.94. The molecule has 0 radical (unpaired) electrons. The number of pyridine rings is 1. The summed E-state index contributed by atoms with van der Waals surface area (Å²) in [7, 11) is 0. The number of nitrogen functional groups attached to an aromatic ring is 1. The second-order valence-corrected chi connectivity index (χ2v) is 7.94. The van der Waals surface area contributed by atoms with Gasteiger partial charge in [0, 0.05) is 38.4 Å². The predicted octanol–water partition coefficient (Wildman–Crippen LogP) is 3.09. The fourth-order valence-corrected chi connectivity index (χ4v) is 4.68. The van der Waals surface area contributed by atoms with E-state index in [1.54, 1.807) is 12.3 Å². The third-order valence-electron chi connectivity index (χ3n) is 6.15. The van der Waals surface area contributed by atoms with Gasteiger partial charge in [0.1, 0.15) is 11.6 Å². The molecule has 0 spiro atoms. The summed E-state index contributed by atoms with van der Waals surface area (Å²) in [6.45, 7) is 3.84. The zero-order valence-corrected chi connectivity index (χ0v) is 15.7. The van der Waals surface area contributed by atoms with Crippen LogP contribution in [0.3, 0.4) is 0 Å². The van der Waals surface area contributed by atoms with E-state index in [0.717, 1.165) is 55.8 Å². The number of fused-ring (bicyclic) bond motifs is 2. The van der Waals surface area contributed by atoms with Crippen LogP contribution in [0.4, 0.5) is 16.0 Å². The summed E-state index contributed by atoms with van der Waals surface area (Å²) < 4.78 is 19.1. The molecule has 2 N–H and O–H groups in total. The Morgan fingerprint density at radius 3 is 3.00 bits per heavy atom. The van der Waals surface area contributed by atoms with Crippen molar-refractivity contribution in [1.29, 1.82) is 0 Å². The van der Waals surface area contributed by atoms with Gasteiger partial charge in [0.25, 0.3) is 0 Å². The van der Waals surface area contributed by atoms with E-state index in [4.69, 9.17) is 10.3 Å². The molecule has 146 valence electrons. The number of piperidine rings is 1. The lowest BCUT2D eigenvalue weighted by Gasteiger charge is -2.46. The number of rotatable bonds is 3. The molecule has 4 heterocycles. The molecule has 0 amide bonds. The molecule has 3 aromatic rings. The minimum Gasteiger partial charge on any atom is -0.383 e. The SMILES string of the molecule is Nc1ncccc1C[C@H]1CC[C@H]2CN(c3noc4ccc(F)cc34)CCN2C1. The number of piperazine rings is 1. The highest BCUT2D eigenvalue weighted by Gasteiger charge is 2.34. The van der Waals surface area contributed by atoms with Gasteiger partial charge in [0.2, 0.25) is 0 Å². The maximum Gasteiger partial charge on any atom is 0.180 e. The molecule has 2 aromatic heterocycles. The molecule has 0 unspecified atom stereocenters. The lowest BCUT2D eigenvalue weighted by molar-refractivity contribution is 0.0953. The maximum atomic E-state index is 13.7. The first kappa shape index (κ1) is 17.4. The predicted molar refractivity (Wildman–Crippen MR) is 107 cm³/mol. The number of benzene rings is 1. The maximum absolute atomic E-state index is 13.7. The van der Waals surface area contributed by atoms with E-state index in [2.05, 4.69) is 26.0 Å². The highest BCUT2D eigenvalue weighted by molar-refractivity contribution is 5.88. The molecule has 2 fully saturated rings. The largest absolute Gasteiger partial charge is 0.383 e. The summed E-state index contributed by atoms with van der Waals surface area (Å²) in [6, 6.07) is 9.11. The fraction of sp³-hybridized carbons (Fsp3) is 0.429. The third kappa shape index (κ3) is 3.20. The molecule has 6 nitrogen and oxygen atoms in total. The van der Waals surface area contributed by atoms with Crippen molar-refractivity contribution >= 4 is 22.6 Å². The first-order valence-corrected chi connectivity index (χ1v) is 9.90. The van der Waals surface area contributed by atoms with Crippen molar-refractivity contribution in [2.45, 2.75) is 25.3 Å². The Hall–Kier alpha value is -2.67. The van der Waals surface area contributed by atoms with E-state index in [1.165, 1.54) is 18.6 Å². The topological polar surface area (TPSA) is 71.4 Å². The van der Waals surface area contributed by atoms with E-state index in [0.29, 0.717) is 23.4 Å². The van der Waals surface area contributed by atoms with Gasteiger partial charge in [-0.15, -0.1) is 0 Å². The number of nitrogens with zero attached hydrogens (tertiary/aromatic N) is 4. The minimum absolute atomic E-state index is 0.259. The Bertz CT molecular complexity index is 990. The molecule has 2 aliphatic heterocycles. The number of hydrogen-bond donors (Lipinski definition) is 1. The smallest absolute Gasteiger partial charge is 0.180 e. The zero-order valence-electron chi connectivity index (χ0n) is 15.7. The van der Waals surface area contributed by atoms with Crippen molar-refractivity contribution in [1.82, 2.24) is 15.0 Å². The van der Waals surface area contributed by atoms with Gasteiger partial charge in [-0.3, -0.25) is 4.90 Å². The third-order valence-corrected chi connectivity index (χ3v) is 6.15. The van der Waals surface area contributed by atoms with Crippen LogP contribution in [0.1, 0.15) is 18.4 Å². The summed E-state index contributed by atoms with van der Waals surface area (Å²) in [5, 5.41) is 4.98. The van der Waals surface area contributed by atoms with Crippen LogP contribution in [0.2, 0.25) is 0 Å². The summed E-state index contributed by atoms with van der Waals surface area (Å²) in [5.74, 6) is 1.76. The Morgan fingerprint density at radius 2 is 2.11 bits per heavy atom. The van der Waals surface area contributed by atoms with Gasteiger partial charge in [-0.2, -0.15) is 0 Å². The lowest BCUT2D eigenvalue weighted by Crippen LogP contribution is -2.56. The van der Waals surface area contributed by atoms with E-state index in [1.807, 2.05) is 6.07 Å². The van der Waals surface area contributed by atoms with Crippen LogP contribution in [0.15, 0.2) is 41.1 Å². The quantitative estimate of drug-likeness (QED) is 0.752. The van der Waals surface area contributed by atoms with Crippen molar-refractivity contribution in [2.75, 3.05) is 36.8 Å². The summed E-state index contributed by atoms with van der Waals surface area (Å²) in [4.78, 5) is 9.04. The zero-order chi connectivity index (χ0) is 19.1. The average molecular weight is 381 g/mol. The number of anilines is 2. The van der Waals surface area contributed by atoms with E-state index in [-0.39, 0.29) is 5.82 Å². The summed E-state index contributed by atoms with van der Waals surface area (Å²) >= 11 is 0. The number of nitrogens with two attached hydrogens (primary N) is 1. The van der Waals surface area contributed by atoms with Crippen molar-refractivity contribution in [3.63, 3.8) is 0 Å². The van der Waals surface area contributed by atoms with Crippen molar-refractivity contribution < 1.29 is 8.91 Å². The average Bonchev–Trinajstić information content (AvgIpc) is 3.12. The monoisotopic (exact) mass is 381 g/mol. The molecule has 1 aromatic carbocycles. The summed E-state index contributed by atoms with van der Waals surface area (Å²) in [6.07, 6.45) is 5.05. The van der Waals surface area contributed by atoms with Crippen LogP contribution in [-0.4, -0.2) is 47.3 Å². The number of hydrogen-bond acceptors (Lipinski definition) is 6. The first-order chi connectivity index (χ1) is 13.7. The Kier molecular flexibility index (Phi) is 4.39. The number of halogens is 1. The van der Waals surface area contributed by atoms with E-state index < -0.39 is 0 Å². The van der Waals surface area contributed by atoms with Gasteiger partial charge in [0.05, 0.1) is 5.39 Å². The number of aromatic nitrogens is 2. The standard InChI is InChI=1S/C21H24FN5O/c22-16-4-6-19-18(11-16)21(25-28-19)27-9-8-26-12-14(3-5-17(26)13-27)10-15-2-1-7-24-20(15)23/h1-2,4,6-7,11,14,17H,3,5,8-10,12-13H2,(H2,23,24)/t14-,17+/m1/s1. The molecule has 5 rings (SSSR count). The van der Waals surface area contributed by atoms with Crippen molar-refractivity contribution in [3.05, 3.63) is 47.9 Å². The van der Waals surface area contributed by atoms with Gasteiger partial charge in [-0.25, -0.2) is 9.37 Å². The van der Waals surface area contributed by atoms with Crippen LogP contribution in [0, 0.1) is 11.7 Å². The van der Waals surface area contributed by atoms with Crippen LogP contribution in [0.25, 0.3) is 11.0 Å². The molecule has 2 saturated heterocycles. The van der Waals surface area contributed by atoms with Crippen LogP contribution >= 0.6 is 0 Å². The van der Waals surface area contributed by atoms with Gasteiger partial charge < -0.3 is 15.2 Å². The van der Waals surface area contributed by atoms with E-state index >= 15 is 0 Å². The molecule has 28 heavy (non-hydrogen) atoms. The van der Waals surface area contributed by atoms with Gasteiger partial charge in [-0.05, 0) is 55.0 Å². The van der Waals surface area contributed by atoms with Crippen LogP contribution in [-0.2, 0) is 6.42 Å². The second kappa shape index (κ2) is 7.05. The highest BCUT2D eigenvalue weighted by atomic mass is 19.1. The highest BCUT2D eigenvalue weighted by Crippen LogP contribution is 2.32. The Balaban J connectivity index is 1.27. The normalized spacial score (nSPS) is 23.1. The molecule has 7 heteroatoms. The Morgan fingerprint density at radius 1 is 1.18 bits per heavy atom. The van der Waals surface area contributed by atoms with Crippen LogP contribution < -0.4 is 10.6 Å². The molecule has 2 atom stereocenters. The van der Waals surface area contributed by atoms with Gasteiger partial charge >= 0.3 is 0 Å². The Labute approximate surface area is 163 Å². The fourth-order valence-electron chi connectivity index (χ4n) is 4.68. The molecular weight excluding hydrogens is 357 g/mol. The van der Waals surface area contributed by atoms with Crippen molar-refractivity contribution in [3.8, 4) is 0 Å². The van der Waals surface area contributed by atoms with Crippen LogP contribution in [0.5, 0.6) is 0 Å². The molecule has 0 saturated carbocycles. The summed E-state index contributed by atoms with van der Waals surface area (Å²) in [5.41, 5.74) is 7.81. The van der Waals surface area contributed by atoms with Gasteiger partial charge in [0.15, 0.2) is 11.4 Å². The van der Waals surface area contributed by atoms with E-state index in [9.17, 15) is 4.39 Å². The lowest BCUT2D eigenvalue weighted by atomic mass is 9.87. The molecule has 0 bridgehead atoms. The van der Waals surface area contributed by atoms with Crippen molar-refractivity contribution in [2.24, 2.45) is 5.92 Å². The van der Waals surface area contributed by atoms with Gasteiger partial charge in [-0.1, -0.05) is 11.2 Å². The molecular formula is C21H24FN5O. The first-order valence-electron chi connectivity index (χ1n) is 9.90. The molecule has 2 aliphatic rings. The molecule has 0 aliphatic carbocycles.